The summed E-state index contributed by atoms with van der Waals surface area (Å²) in [5.74, 6) is -9.77. The maximum absolute atomic E-state index is 13.1. The topological polar surface area (TPSA) is 227 Å². The number of rotatable bonds is 0. The first-order valence-corrected chi connectivity index (χ1v) is 21.9. The molecule has 2 fully saturated rings. The van der Waals surface area contributed by atoms with E-state index in [-0.39, 0.29) is 24.4 Å². The van der Waals surface area contributed by atoms with Gasteiger partial charge in [-0.1, -0.05) is 76.3 Å². The summed E-state index contributed by atoms with van der Waals surface area (Å²) in [6, 6.07) is 0. The predicted molar refractivity (Wildman–Crippen MR) is 223 cm³/mol. The van der Waals surface area contributed by atoms with E-state index in [1.807, 2.05) is 36.5 Å². The van der Waals surface area contributed by atoms with Gasteiger partial charge in [0.25, 0.3) is 0 Å². The zero-order valence-corrected chi connectivity index (χ0v) is 36.4. The number of ketones is 2. The second-order valence-electron chi connectivity index (χ2n) is 17.3. The van der Waals surface area contributed by atoms with Crippen molar-refractivity contribution in [2.75, 3.05) is 0 Å². The van der Waals surface area contributed by atoms with Crippen LogP contribution in [0.3, 0.4) is 0 Å². The van der Waals surface area contributed by atoms with Gasteiger partial charge in [0, 0.05) is 36.5 Å². The number of ether oxygens (including phenoxy) is 4. The van der Waals surface area contributed by atoms with Gasteiger partial charge in [0.2, 0.25) is 23.8 Å². The minimum absolute atomic E-state index is 0.124. The van der Waals surface area contributed by atoms with Crippen LogP contribution in [0, 0.1) is 23.7 Å². The first kappa shape index (κ1) is 51.3. The SMILES string of the molecule is CC1CC/C=C\C=C/CCC(O)CC(=O)C(C)C2CCC(C)C(O)(O2)C(O)C(=O)OC(C)CC/C=C\C=C/CCC(O)CC(=O)C(C)C2CCC(C)C(O)(O2)C(O)C(=O)O1. The number of Topliss-reactive ketones (excluding diaryl/α,β-unsaturated/α-hetero) is 2. The standard InChI is InChI=1S/C46H72O14/c1-29-23-25-39-33(5)37(49)27-35(47)21-17-13-10-8-12-16-20-32(4)58-44(54)42(52)46(56)30(2)24-26-40(60-46)34(6)38(50)28-36(48)22-18-14-9-7-11-15-19-31(3)57-43(53)41(51)45(29,55)59-39/h7-14,29-36,39-42,47-48,51-52,55-56H,15-28H2,1-6H3/b11-7-,12-8-,13-10-,14-9-. The molecule has 0 spiro atoms. The van der Waals surface area contributed by atoms with E-state index in [4.69, 9.17) is 18.9 Å². The van der Waals surface area contributed by atoms with Crippen LogP contribution in [-0.4, -0.2) is 115 Å². The minimum atomic E-state index is -2.26. The maximum atomic E-state index is 13.1. The lowest BCUT2D eigenvalue weighted by atomic mass is 9.82. The lowest BCUT2D eigenvalue weighted by Crippen LogP contribution is -2.59. The Hall–Kier alpha value is -3.08. The molecule has 340 valence electrons. The number of hydrogen-bond acceptors (Lipinski definition) is 14. The molecular weight excluding hydrogens is 776 g/mol. The molecule has 0 radical (unpaired) electrons. The highest BCUT2D eigenvalue weighted by Crippen LogP contribution is 2.39. The second kappa shape index (κ2) is 24.5. The van der Waals surface area contributed by atoms with E-state index in [1.165, 1.54) is 0 Å². The van der Waals surface area contributed by atoms with E-state index >= 15 is 0 Å². The highest BCUT2D eigenvalue weighted by molar-refractivity contribution is 5.82. The summed E-state index contributed by atoms with van der Waals surface area (Å²) in [6.07, 6.45) is 11.1. The van der Waals surface area contributed by atoms with Gasteiger partial charge in [-0.3, -0.25) is 9.59 Å². The molecule has 14 unspecified atom stereocenters. The summed E-state index contributed by atoms with van der Waals surface area (Å²) >= 11 is 0. The molecule has 0 aromatic carbocycles. The highest BCUT2D eigenvalue weighted by atomic mass is 16.7. The van der Waals surface area contributed by atoms with Crippen LogP contribution in [0.2, 0.25) is 0 Å². The van der Waals surface area contributed by atoms with Crippen LogP contribution in [0.15, 0.2) is 48.6 Å². The molecule has 0 saturated carbocycles. The van der Waals surface area contributed by atoms with Crippen molar-refractivity contribution < 1.29 is 68.8 Å². The van der Waals surface area contributed by atoms with Crippen molar-refractivity contribution in [1.82, 2.24) is 0 Å². The zero-order chi connectivity index (χ0) is 44.6. The van der Waals surface area contributed by atoms with Crippen LogP contribution in [-0.2, 0) is 38.1 Å². The van der Waals surface area contributed by atoms with Crippen molar-refractivity contribution in [2.45, 2.75) is 192 Å². The Morgan fingerprint density at radius 1 is 0.483 bits per heavy atom. The third-order valence-corrected chi connectivity index (χ3v) is 12.3. The molecule has 3 heterocycles. The number of hydrogen-bond donors (Lipinski definition) is 6. The zero-order valence-electron chi connectivity index (χ0n) is 36.4. The third-order valence-electron chi connectivity index (χ3n) is 12.3. The summed E-state index contributed by atoms with van der Waals surface area (Å²) in [4.78, 5) is 52.2. The first-order chi connectivity index (χ1) is 28.3. The summed E-state index contributed by atoms with van der Waals surface area (Å²) in [7, 11) is 0. The van der Waals surface area contributed by atoms with Crippen LogP contribution in [0.25, 0.3) is 0 Å². The highest BCUT2D eigenvalue weighted by Gasteiger charge is 2.53. The first-order valence-electron chi connectivity index (χ1n) is 21.9. The van der Waals surface area contributed by atoms with Crippen LogP contribution in [0.4, 0.5) is 0 Å². The molecular formula is C46H72O14. The van der Waals surface area contributed by atoms with Crippen molar-refractivity contribution in [2.24, 2.45) is 23.7 Å². The van der Waals surface area contributed by atoms with Gasteiger partial charge >= 0.3 is 11.9 Å². The Kier molecular flexibility index (Phi) is 21.0. The van der Waals surface area contributed by atoms with Crippen LogP contribution in [0.5, 0.6) is 0 Å². The molecule has 3 aliphatic heterocycles. The van der Waals surface area contributed by atoms with Crippen LogP contribution in [0.1, 0.15) is 131 Å². The van der Waals surface area contributed by atoms with Crippen molar-refractivity contribution >= 4 is 23.5 Å². The fourth-order valence-corrected chi connectivity index (χ4v) is 7.82. The number of carbonyl (C=O) groups excluding carboxylic acids is 4. The summed E-state index contributed by atoms with van der Waals surface area (Å²) in [5.41, 5.74) is 0. The number of fused-ring (bicyclic) bond motifs is 4. The molecule has 60 heavy (non-hydrogen) atoms. The number of carbonyl (C=O) groups is 4. The van der Waals surface area contributed by atoms with Gasteiger partial charge in [-0.15, -0.1) is 0 Å². The Morgan fingerprint density at radius 3 is 1.13 bits per heavy atom. The summed E-state index contributed by atoms with van der Waals surface area (Å²) in [5, 5.41) is 66.0. The van der Waals surface area contributed by atoms with Crippen molar-refractivity contribution in [1.29, 1.82) is 0 Å². The summed E-state index contributed by atoms with van der Waals surface area (Å²) in [6.45, 7) is 9.96. The van der Waals surface area contributed by atoms with Gasteiger partial charge in [-0.25, -0.2) is 9.59 Å². The van der Waals surface area contributed by atoms with Gasteiger partial charge < -0.3 is 49.6 Å². The molecule has 14 heteroatoms. The number of aliphatic hydroxyl groups is 6. The van der Waals surface area contributed by atoms with Gasteiger partial charge in [-0.05, 0) is 90.9 Å². The Labute approximate surface area is 355 Å². The van der Waals surface area contributed by atoms with Crippen molar-refractivity contribution in [3.05, 3.63) is 48.6 Å². The Bertz CT molecular complexity index is 1400. The molecule has 14 nitrogen and oxygen atoms in total. The average molecular weight is 849 g/mol. The number of allylic oxidation sites excluding steroid dienone is 8. The molecule has 2 saturated heterocycles. The molecule has 14 atom stereocenters. The molecule has 3 aliphatic rings. The van der Waals surface area contributed by atoms with Gasteiger partial charge in [0.1, 0.15) is 11.6 Å². The van der Waals surface area contributed by atoms with Gasteiger partial charge in [0.05, 0.1) is 36.6 Å². The number of cyclic esters (lactones) is 2. The number of aliphatic hydroxyl groups excluding tert-OH is 4. The lowest BCUT2D eigenvalue weighted by molar-refractivity contribution is -0.322. The molecule has 0 aromatic heterocycles. The maximum Gasteiger partial charge on any atom is 0.340 e. The molecule has 0 amide bonds. The van der Waals surface area contributed by atoms with Crippen LogP contribution < -0.4 is 0 Å². The molecule has 0 aromatic rings. The van der Waals surface area contributed by atoms with E-state index in [2.05, 4.69) is 0 Å². The lowest BCUT2D eigenvalue weighted by Gasteiger charge is -2.45. The fourth-order valence-electron chi connectivity index (χ4n) is 7.82. The normalized spacial score (nSPS) is 42.3. The molecule has 0 aliphatic carbocycles. The quantitative estimate of drug-likeness (QED) is 0.179. The average Bonchev–Trinajstić information content (AvgIpc) is 3.20. The van der Waals surface area contributed by atoms with E-state index < -0.39 is 96.0 Å². The van der Waals surface area contributed by atoms with Crippen molar-refractivity contribution in [3.63, 3.8) is 0 Å². The van der Waals surface area contributed by atoms with E-state index in [1.54, 1.807) is 53.7 Å². The Balaban J connectivity index is 1.67. The predicted octanol–water partition coefficient (Wildman–Crippen LogP) is 4.85. The third kappa shape index (κ3) is 15.1. The second-order valence-corrected chi connectivity index (χ2v) is 17.3. The molecule has 6 N–H and O–H groups in total. The van der Waals surface area contributed by atoms with E-state index in [0.717, 1.165) is 0 Å². The van der Waals surface area contributed by atoms with Gasteiger partial charge in [0.15, 0.2) is 0 Å². The monoisotopic (exact) mass is 848 g/mol. The Morgan fingerprint density at radius 2 is 0.800 bits per heavy atom. The largest absolute Gasteiger partial charge is 0.461 e. The van der Waals surface area contributed by atoms with E-state index in [9.17, 15) is 49.8 Å². The van der Waals surface area contributed by atoms with E-state index in [0.29, 0.717) is 77.0 Å². The molecule has 3 rings (SSSR count). The smallest absolute Gasteiger partial charge is 0.340 e. The van der Waals surface area contributed by atoms with Gasteiger partial charge in [-0.2, -0.15) is 0 Å². The minimum Gasteiger partial charge on any atom is -0.461 e. The fraction of sp³-hybridized carbons (Fsp3) is 0.739. The molecule has 4 bridgehead atoms. The van der Waals surface area contributed by atoms with Crippen molar-refractivity contribution in [3.8, 4) is 0 Å². The summed E-state index contributed by atoms with van der Waals surface area (Å²) < 4.78 is 22.7. The van der Waals surface area contributed by atoms with Crippen LogP contribution >= 0.6 is 0 Å². The number of esters is 2.